The first-order valence-electron chi connectivity index (χ1n) is 8.91. The zero-order chi connectivity index (χ0) is 20.1. The zero-order valence-electron chi connectivity index (χ0n) is 15.7. The second-order valence-corrected chi connectivity index (χ2v) is 7.86. The fourth-order valence-electron chi connectivity index (χ4n) is 2.89. The number of esters is 2. The highest BCUT2D eigenvalue weighted by Crippen LogP contribution is 2.37. The molecular formula is C21H21NO5S. The molecule has 1 atom stereocenters. The average Bonchev–Trinajstić information content (AvgIpc) is 2.89. The van der Waals surface area contributed by atoms with Crippen molar-refractivity contribution >= 4 is 35.3 Å². The summed E-state index contributed by atoms with van der Waals surface area (Å²) in [6.45, 7) is 2.37. The molecule has 146 valence electrons. The summed E-state index contributed by atoms with van der Waals surface area (Å²) in [6.07, 6.45) is 0.855. The van der Waals surface area contributed by atoms with Crippen molar-refractivity contribution in [2.45, 2.75) is 23.5 Å². The number of fused-ring (bicyclic) bond motifs is 1. The third-order valence-electron chi connectivity index (χ3n) is 4.41. The van der Waals surface area contributed by atoms with Crippen LogP contribution in [0.3, 0.4) is 0 Å². The largest absolute Gasteiger partial charge is 0.465 e. The fourth-order valence-corrected chi connectivity index (χ4v) is 4.01. The van der Waals surface area contributed by atoms with E-state index in [1.165, 1.54) is 31.4 Å². The summed E-state index contributed by atoms with van der Waals surface area (Å²) in [5.74, 6) is -1.36. The van der Waals surface area contributed by atoms with Crippen molar-refractivity contribution in [3.05, 3.63) is 59.7 Å². The number of amides is 1. The van der Waals surface area contributed by atoms with Gasteiger partial charge in [-0.3, -0.25) is 4.79 Å². The Labute approximate surface area is 167 Å². The number of para-hydroxylation sites is 1. The van der Waals surface area contributed by atoms with Gasteiger partial charge in [-0.2, -0.15) is 0 Å². The van der Waals surface area contributed by atoms with Gasteiger partial charge in [0.15, 0.2) is 6.61 Å². The van der Waals surface area contributed by atoms with Crippen LogP contribution in [0.15, 0.2) is 53.4 Å². The number of methoxy groups -OCH3 is 1. The molecule has 0 aromatic heterocycles. The van der Waals surface area contributed by atoms with E-state index in [0.717, 1.165) is 17.0 Å². The van der Waals surface area contributed by atoms with Crippen molar-refractivity contribution in [3.8, 4) is 0 Å². The van der Waals surface area contributed by atoms with Gasteiger partial charge in [-0.05, 0) is 42.8 Å². The third-order valence-corrected chi connectivity index (χ3v) is 5.65. The van der Waals surface area contributed by atoms with Crippen LogP contribution in [-0.2, 0) is 14.3 Å². The van der Waals surface area contributed by atoms with Crippen LogP contribution in [0.4, 0.5) is 5.69 Å². The maximum atomic E-state index is 12.7. The molecule has 0 radical (unpaired) electrons. The van der Waals surface area contributed by atoms with Gasteiger partial charge in [-0.1, -0.05) is 19.1 Å². The molecule has 1 amide bonds. The van der Waals surface area contributed by atoms with Crippen LogP contribution in [-0.4, -0.2) is 43.4 Å². The van der Waals surface area contributed by atoms with E-state index in [-0.39, 0.29) is 18.1 Å². The SMILES string of the molecule is COC(=O)c1ccc(C(=O)OCC(=O)N2CC[C@H](C)Sc3ccccc32)cc1. The molecule has 6 nitrogen and oxygen atoms in total. The van der Waals surface area contributed by atoms with Crippen LogP contribution in [0.25, 0.3) is 0 Å². The number of rotatable bonds is 4. The number of anilines is 1. The Hall–Kier alpha value is -2.80. The Morgan fingerprint density at radius 2 is 1.68 bits per heavy atom. The number of hydrogen-bond acceptors (Lipinski definition) is 6. The highest BCUT2D eigenvalue weighted by Gasteiger charge is 2.25. The van der Waals surface area contributed by atoms with Gasteiger partial charge in [0.1, 0.15) is 0 Å². The van der Waals surface area contributed by atoms with E-state index in [9.17, 15) is 14.4 Å². The third kappa shape index (κ3) is 4.54. The van der Waals surface area contributed by atoms with Crippen LogP contribution in [0, 0.1) is 0 Å². The molecule has 0 spiro atoms. The van der Waals surface area contributed by atoms with Crippen LogP contribution >= 0.6 is 11.8 Å². The highest BCUT2D eigenvalue weighted by atomic mass is 32.2. The molecule has 1 aliphatic heterocycles. The molecule has 2 aromatic carbocycles. The Morgan fingerprint density at radius 3 is 2.36 bits per heavy atom. The van der Waals surface area contributed by atoms with Gasteiger partial charge < -0.3 is 14.4 Å². The van der Waals surface area contributed by atoms with Gasteiger partial charge >= 0.3 is 11.9 Å². The average molecular weight is 399 g/mol. The predicted molar refractivity (Wildman–Crippen MR) is 107 cm³/mol. The summed E-state index contributed by atoms with van der Waals surface area (Å²) in [5.41, 5.74) is 1.45. The quantitative estimate of drug-likeness (QED) is 0.732. The van der Waals surface area contributed by atoms with Crippen molar-refractivity contribution < 1.29 is 23.9 Å². The molecule has 0 N–H and O–H groups in total. The molecule has 1 aliphatic rings. The van der Waals surface area contributed by atoms with E-state index in [4.69, 9.17) is 4.74 Å². The lowest BCUT2D eigenvalue weighted by molar-refractivity contribution is -0.121. The number of benzene rings is 2. The summed E-state index contributed by atoms with van der Waals surface area (Å²) in [6, 6.07) is 13.6. The lowest BCUT2D eigenvalue weighted by Gasteiger charge is -2.22. The van der Waals surface area contributed by atoms with Gasteiger partial charge in [-0.25, -0.2) is 9.59 Å². The lowest BCUT2D eigenvalue weighted by Crippen LogP contribution is -2.35. The minimum atomic E-state index is -0.615. The maximum Gasteiger partial charge on any atom is 0.338 e. The number of nitrogens with zero attached hydrogens (tertiary/aromatic N) is 1. The van der Waals surface area contributed by atoms with E-state index >= 15 is 0 Å². The second-order valence-electron chi connectivity index (χ2n) is 6.38. The van der Waals surface area contributed by atoms with E-state index in [2.05, 4.69) is 11.7 Å². The van der Waals surface area contributed by atoms with Crippen molar-refractivity contribution in [3.63, 3.8) is 0 Å². The maximum absolute atomic E-state index is 12.7. The molecule has 28 heavy (non-hydrogen) atoms. The molecule has 0 bridgehead atoms. The smallest absolute Gasteiger partial charge is 0.338 e. The number of ether oxygens (including phenoxy) is 2. The Kier molecular flexibility index (Phi) is 6.36. The van der Waals surface area contributed by atoms with E-state index < -0.39 is 11.9 Å². The summed E-state index contributed by atoms with van der Waals surface area (Å²) in [4.78, 5) is 39.1. The van der Waals surface area contributed by atoms with Gasteiger partial charge in [0.2, 0.25) is 0 Å². The van der Waals surface area contributed by atoms with Crippen LogP contribution in [0.2, 0.25) is 0 Å². The van der Waals surface area contributed by atoms with Gasteiger partial charge in [0, 0.05) is 16.7 Å². The van der Waals surface area contributed by atoms with Crippen LogP contribution < -0.4 is 4.90 Å². The molecule has 1 heterocycles. The standard InChI is InChI=1S/C21H21NO5S/c1-14-11-12-22(17-5-3-4-6-18(17)28-14)19(23)13-27-21(25)16-9-7-15(8-10-16)20(24)26-2/h3-10,14H,11-13H2,1-2H3/t14-/m0/s1. The summed E-state index contributed by atoms with van der Waals surface area (Å²) in [7, 11) is 1.29. The number of carbonyl (C=O) groups excluding carboxylic acids is 3. The van der Waals surface area contributed by atoms with Crippen LogP contribution in [0.1, 0.15) is 34.1 Å². The zero-order valence-corrected chi connectivity index (χ0v) is 16.5. The molecule has 0 aliphatic carbocycles. The van der Waals surface area contributed by atoms with E-state index in [1.807, 2.05) is 24.3 Å². The first-order valence-corrected chi connectivity index (χ1v) is 9.79. The number of hydrogen-bond donors (Lipinski definition) is 0. The summed E-state index contributed by atoms with van der Waals surface area (Å²) in [5, 5.41) is 0.398. The van der Waals surface area contributed by atoms with Crippen molar-refractivity contribution in [2.24, 2.45) is 0 Å². The van der Waals surface area contributed by atoms with E-state index in [1.54, 1.807) is 16.7 Å². The number of thioether (sulfide) groups is 1. The molecule has 0 unspecified atom stereocenters. The minimum Gasteiger partial charge on any atom is -0.465 e. The molecule has 0 saturated heterocycles. The molecular weight excluding hydrogens is 378 g/mol. The van der Waals surface area contributed by atoms with Crippen molar-refractivity contribution in [2.75, 3.05) is 25.2 Å². The Balaban J connectivity index is 1.65. The molecule has 0 fully saturated rings. The van der Waals surface area contributed by atoms with Gasteiger partial charge in [-0.15, -0.1) is 11.8 Å². The highest BCUT2D eigenvalue weighted by molar-refractivity contribution is 8.00. The van der Waals surface area contributed by atoms with Gasteiger partial charge in [0.25, 0.3) is 5.91 Å². The molecule has 0 saturated carbocycles. The molecule has 2 aromatic rings. The molecule has 3 rings (SSSR count). The van der Waals surface area contributed by atoms with Crippen molar-refractivity contribution in [1.82, 2.24) is 0 Å². The normalized spacial score (nSPS) is 15.9. The van der Waals surface area contributed by atoms with Crippen molar-refractivity contribution in [1.29, 1.82) is 0 Å². The lowest BCUT2D eigenvalue weighted by atomic mass is 10.1. The first kappa shape index (κ1) is 19.9. The minimum absolute atomic E-state index is 0.262. The first-order chi connectivity index (χ1) is 13.5. The molecule has 7 heteroatoms. The van der Waals surface area contributed by atoms with Gasteiger partial charge in [0.05, 0.1) is 23.9 Å². The second kappa shape index (κ2) is 8.93. The van der Waals surface area contributed by atoms with Crippen LogP contribution in [0.5, 0.6) is 0 Å². The fraction of sp³-hybridized carbons (Fsp3) is 0.286. The Morgan fingerprint density at radius 1 is 1.04 bits per heavy atom. The Bertz CT molecular complexity index is 881. The monoisotopic (exact) mass is 399 g/mol. The summed E-state index contributed by atoms with van der Waals surface area (Å²) >= 11 is 1.74. The predicted octanol–water partition coefficient (Wildman–Crippen LogP) is 3.55. The topological polar surface area (TPSA) is 72.9 Å². The summed E-state index contributed by atoms with van der Waals surface area (Å²) < 4.78 is 9.82. The number of carbonyl (C=O) groups is 3. The van der Waals surface area contributed by atoms with E-state index in [0.29, 0.717) is 17.4 Å².